The maximum absolute atomic E-state index is 11.9. The topological polar surface area (TPSA) is 65.4 Å². The Hall–Kier alpha value is -1.90. The highest BCUT2D eigenvalue weighted by Gasteiger charge is 2.18. The van der Waals surface area contributed by atoms with Crippen LogP contribution in [0, 0.1) is 11.3 Å². The number of rotatable bonds is 6. The first kappa shape index (κ1) is 16.5. The molecule has 1 aliphatic rings. The van der Waals surface area contributed by atoms with Crippen LogP contribution in [-0.4, -0.2) is 43.7 Å². The maximum Gasteiger partial charge on any atom is 0.224 e. The van der Waals surface area contributed by atoms with E-state index in [9.17, 15) is 4.79 Å². The van der Waals surface area contributed by atoms with Gasteiger partial charge in [-0.05, 0) is 50.1 Å². The minimum absolute atomic E-state index is 0.0245. The maximum atomic E-state index is 11.9. The first-order valence-corrected chi connectivity index (χ1v) is 7.76. The molecule has 22 heavy (non-hydrogen) atoms. The third kappa shape index (κ3) is 5.14. The minimum atomic E-state index is 0.0245. The molecule has 0 radical (unpaired) electrons. The molecule has 0 bridgehead atoms. The molecule has 2 rings (SSSR count). The number of piperidine rings is 1. The number of ether oxygens (including phenoxy) is 1. The molecule has 0 saturated carbocycles. The number of anilines is 1. The Bertz CT molecular complexity index is 514. The molecule has 0 unspecified atom stereocenters. The van der Waals surface area contributed by atoms with Crippen LogP contribution in [-0.2, 0) is 9.53 Å². The lowest BCUT2D eigenvalue weighted by molar-refractivity contribution is -0.116. The number of carbonyl (C=O) groups is 1. The fourth-order valence-electron chi connectivity index (χ4n) is 2.68. The zero-order chi connectivity index (χ0) is 15.8. The summed E-state index contributed by atoms with van der Waals surface area (Å²) < 4.78 is 5.35. The summed E-state index contributed by atoms with van der Waals surface area (Å²) in [5.74, 6) is 0.0245. The molecule has 1 fully saturated rings. The molecule has 1 aromatic rings. The predicted octanol–water partition coefficient (Wildman–Crippen LogP) is 2.39. The van der Waals surface area contributed by atoms with Crippen molar-refractivity contribution in [2.24, 2.45) is 0 Å². The zero-order valence-electron chi connectivity index (χ0n) is 13.0. The molecule has 1 saturated heterocycles. The number of nitriles is 1. The van der Waals surface area contributed by atoms with Gasteiger partial charge in [0.05, 0.1) is 17.7 Å². The van der Waals surface area contributed by atoms with Gasteiger partial charge in [-0.15, -0.1) is 0 Å². The number of amides is 1. The number of hydrogen-bond donors (Lipinski definition) is 1. The molecule has 0 aromatic heterocycles. The monoisotopic (exact) mass is 301 g/mol. The van der Waals surface area contributed by atoms with E-state index in [-0.39, 0.29) is 5.91 Å². The summed E-state index contributed by atoms with van der Waals surface area (Å²) in [6.45, 7) is 3.06. The molecule has 1 aromatic carbocycles. The van der Waals surface area contributed by atoms with E-state index in [2.05, 4.69) is 16.3 Å². The van der Waals surface area contributed by atoms with E-state index in [1.165, 1.54) is 0 Å². The van der Waals surface area contributed by atoms with E-state index < -0.39 is 0 Å². The summed E-state index contributed by atoms with van der Waals surface area (Å²) in [7, 11) is 1.77. The van der Waals surface area contributed by atoms with Gasteiger partial charge in [-0.2, -0.15) is 5.26 Å². The lowest BCUT2D eigenvalue weighted by Gasteiger charge is -2.31. The Morgan fingerprint density at radius 1 is 1.36 bits per heavy atom. The SMILES string of the molecule is COC1CCN(CCCC(=O)Nc2ccc(C#N)cc2)CC1. The quantitative estimate of drug-likeness (QED) is 0.876. The highest BCUT2D eigenvalue weighted by atomic mass is 16.5. The Balaban J connectivity index is 1.64. The Kier molecular flexibility index (Phi) is 6.38. The summed E-state index contributed by atoms with van der Waals surface area (Å²) >= 11 is 0. The van der Waals surface area contributed by atoms with Crippen LogP contribution in [0.1, 0.15) is 31.2 Å². The average Bonchev–Trinajstić information content (AvgIpc) is 2.56. The van der Waals surface area contributed by atoms with Crippen molar-refractivity contribution in [2.75, 3.05) is 32.1 Å². The smallest absolute Gasteiger partial charge is 0.224 e. The number of likely N-dealkylation sites (tertiary alicyclic amines) is 1. The fraction of sp³-hybridized carbons (Fsp3) is 0.529. The second-order valence-electron chi connectivity index (χ2n) is 5.62. The van der Waals surface area contributed by atoms with Gasteiger partial charge >= 0.3 is 0 Å². The molecule has 5 nitrogen and oxygen atoms in total. The molecule has 0 atom stereocenters. The summed E-state index contributed by atoms with van der Waals surface area (Å²) in [4.78, 5) is 14.3. The van der Waals surface area contributed by atoms with E-state index >= 15 is 0 Å². The molecular weight excluding hydrogens is 278 g/mol. The van der Waals surface area contributed by atoms with Crippen LogP contribution in [0.3, 0.4) is 0 Å². The summed E-state index contributed by atoms with van der Waals surface area (Å²) in [6.07, 6.45) is 3.93. The van der Waals surface area contributed by atoms with Gasteiger partial charge in [0.1, 0.15) is 0 Å². The molecule has 0 spiro atoms. The third-order valence-corrected chi connectivity index (χ3v) is 4.04. The Morgan fingerprint density at radius 3 is 2.64 bits per heavy atom. The van der Waals surface area contributed by atoms with Crippen molar-refractivity contribution in [3.05, 3.63) is 29.8 Å². The first-order valence-electron chi connectivity index (χ1n) is 7.76. The third-order valence-electron chi connectivity index (χ3n) is 4.04. The van der Waals surface area contributed by atoms with Crippen LogP contribution < -0.4 is 5.32 Å². The summed E-state index contributed by atoms with van der Waals surface area (Å²) in [5, 5.41) is 11.6. The van der Waals surface area contributed by atoms with Gasteiger partial charge < -0.3 is 15.0 Å². The number of nitrogens with zero attached hydrogens (tertiary/aromatic N) is 2. The number of methoxy groups -OCH3 is 1. The van der Waals surface area contributed by atoms with Crippen LogP contribution >= 0.6 is 0 Å². The van der Waals surface area contributed by atoms with E-state index in [1.54, 1.807) is 31.4 Å². The van der Waals surface area contributed by atoms with Crippen molar-refractivity contribution >= 4 is 11.6 Å². The lowest BCUT2D eigenvalue weighted by Crippen LogP contribution is -2.37. The van der Waals surface area contributed by atoms with Crippen molar-refractivity contribution in [3.63, 3.8) is 0 Å². The van der Waals surface area contributed by atoms with Gasteiger partial charge in [0.15, 0.2) is 0 Å². The van der Waals surface area contributed by atoms with Crippen LogP contribution in [0.15, 0.2) is 24.3 Å². The largest absolute Gasteiger partial charge is 0.381 e. The molecule has 5 heteroatoms. The van der Waals surface area contributed by atoms with E-state index in [0.29, 0.717) is 18.1 Å². The van der Waals surface area contributed by atoms with Crippen LogP contribution in [0.25, 0.3) is 0 Å². The molecule has 1 heterocycles. The standard InChI is InChI=1S/C17H23N3O2/c1-22-16-8-11-20(12-9-16)10-2-3-17(21)19-15-6-4-14(13-18)5-7-15/h4-7,16H,2-3,8-12H2,1H3,(H,19,21). The molecule has 1 aliphatic heterocycles. The number of nitrogens with one attached hydrogen (secondary N) is 1. The van der Waals surface area contributed by atoms with Crippen molar-refractivity contribution in [1.29, 1.82) is 5.26 Å². The highest BCUT2D eigenvalue weighted by molar-refractivity contribution is 5.90. The van der Waals surface area contributed by atoms with Crippen LogP contribution in [0.5, 0.6) is 0 Å². The Labute approximate surface area is 131 Å². The number of benzene rings is 1. The van der Waals surface area contributed by atoms with Gasteiger partial charge in [0.25, 0.3) is 0 Å². The lowest BCUT2D eigenvalue weighted by atomic mass is 10.1. The summed E-state index contributed by atoms with van der Waals surface area (Å²) in [6, 6.07) is 8.98. The van der Waals surface area contributed by atoms with Crippen molar-refractivity contribution < 1.29 is 9.53 Å². The van der Waals surface area contributed by atoms with Gasteiger partial charge in [-0.3, -0.25) is 4.79 Å². The zero-order valence-corrected chi connectivity index (χ0v) is 13.0. The van der Waals surface area contributed by atoms with Crippen LogP contribution in [0.4, 0.5) is 5.69 Å². The fourth-order valence-corrected chi connectivity index (χ4v) is 2.68. The normalized spacial score (nSPS) is 16.2. The second kappa shape index (κ2) is 8.52. The predicted molar refractivity (Wildman–Crippen MR) is 85.5 cm³/mol. The molecule has 0 aliphatic carbocycles. The van der Waals surface area contributed by atoms with Crippen molar-refractivity contribution in [1.82, 2.24) is 4.90 Å². The Morgan fingerprint density at radius 2 is 2.05 bits per heavy atom. The molecule has 1 N–H and O–H groups in total. The van der Waals surface area contributed by atoms with Gasteiger partial charge in [-0.25, -0.2) is 0 Å². The highest BCUT2D eigenvalue weighted by Crippen LogP contribution is 2.14. The minimum Gasteiger partial charge on any atom is -0.381 e. The average molecular weight is 301 g/mol. The molecule has 1 amide bonds. The number of carbonyl (C=O) groups excluding carboxylic acids is 1. The van der Waals surface area contributed by atoms with Gasteiger partial charge in [-0.1, -0.05) is 0 Å². The van der Waals surface area contributed by atoms with Crippen molar-refractivity contribution in [3.8, 4) is 6.07 Å². The second-order valence-corrected chi connectivity index (χ2v) is 5.62. The van der Waals surface area contributed by atoms with Gasteiger partial charge in [0.2, 0.25) is 5.91 Å². The summed E-state index contributed by atoms with van der Waals surface area (Å²) in [5.41, 5.74) is 1.34. The molecular formula is C17H23N3O2. The van der Waals surface area contributed by atoms with Crippen LogP contribution in [0.2, 0.25) is 0 Å². The van der Waals surface area contributed by atoms with E-state index in [4.69, 9.17) is 10.00 Å². The van der Waals surface area contributed by atoms with Gasteiger partial charge in [0, 0.05) is 32.3 Å². The molecule has 118 valence electrons. The number of hydrogen-bond acceptors (Lipinski definition) is 4. The first-order chi connectivity index (χ1) is 10.7. The van der Waals surface area contributed by atoms with E-state index in [0.717, 1.165) is 44.6 Å². The van der Waals surface area contributed by atoms with E-state index in [1.807, 2.05) is 0 Å². The van der Waals surface area contributed by atoms with Crippen molar-refractivity contribution in [2.45, 2.75) is 31.8 Å².